The van der Waals surface area contributed by atoms with Crippen LogP contribution in [-0.4, -0.2) is 11.5 Å². The van der Waals surface area contributed by atoms with Crippen LogP contribution in [0.3, 0.4) is 0 Å². The number of carbonyl (C=O) groups is 1. The van der Waals surface area contributed by atoms with Crippen molar-refractivity contribution in [2.24, 2.45) is 0 Å². The van der Waals surface area contributed by atoms with E-state index in [1.165, 1.54) is 0 Å². The summed E-state index contributed by atoms with van der Waals surface area (Å²) < 4.78 is 6.28. The second-order valence-corrected chi connectivity index (χ2v) is 5.12. The topological polar surface area (TPSA) is 38.3 Å². The van der Waals surface area contributed by atoms with E-state index in [0.29, 0.717) is 20.9 Å². The van der Waals surface area contributed by atoms with Crippen molar-refractivity contribution >= 4 is 39.1 Å². The summed E-state index contributed by atoms with van der Waals surface area (Å²) in [5.41, 5.74) is -0.236. The smallest absolute Gasteiger partial charge is 0.268 e. The van der Waals surface area contributed by atoms with Gasteiger partial charge in [-0.1, -0.05) is 11.6 Å². The van der Waals surface area contributed by atoms with Crippen LogP contribution in [0.25, 0.3) is 0 Å². The SMILES string of the molecule is CC1(C)Oc2cc(Cl)cc(Br)c2NC1=O. The molecule has 5 heteroatoms. The van der Waals surface area contributed by atoms with Crippen molar-refractivity contribution in [3.63, 3.8) is 0 Å². The van der Waals surface area contributed by atoms with Crippen molar-refractivity contribution in [2.75, 3.05) is 5.32 Å². The molecule has 3 nitrogen and oxygen atoms in total. The highest BCUT2D eigenvalue weighted by atomic mass is 79.9. The van der Waals surface area contributed by atoms with Gasteiger partial charge in [0.15, 0.2) is 5.60 Å². The van der Waals surface area contributed by atoms with Gasteiger partial charge >= 0.3 is 0 Å². The molecule has 1 heterocycles. The van der Waals surface area contributed by atoms with E-state index in [2.05, 4.69) is 21.2 Å². The lowest BCUT2D eigenvalue weighted by molar-refractivity contribution is -0.129. The number of hydrogen-bond donors (Lipinski definition) is 1. The van der Waals surface area contributed by atoms with E-state index < -0.39 is 5.60 Å². The lowest BCUT2D eigenvalue weighted by atomic mass is 10.1. The lowest BCUT2D eigenvalue weighted by Gasteiger charge is -2.32. The van der Waals surface area contributed by atoms with Crippen LogP contribution in [0, 0.1) is 0 Å². The third-order valence-electron chi connectivity index (χ3n) is 2.17. The van der Waals surface area contributed by atoms with E-state index in [-0.39, 0.29) is 5.91 Å². The molecule has 0 aliphatic carbocycles. The minimum absolute atomic E-state index is 0.168. The first-order valence-corrected chi connectivity index (χ1v) is 5.57. The molecule has 15 heavy (non-hydrogen) atoms. The molecule has 1 aromatic carbocycles. The molecule has 0 saturated carbocycles. The first kappa shape index (κ1) is 10.8. The molecule has 0 radical (unpaired) electrons. The molecule has 1 aliphatic rings. The minimum Gasteiger partial charge on any atom is -0.476 e. The molecule has 2 rings (SSSR count). The fraction of sp³-hybridized carbons (Fsp3) is 0.300. The van der Waals surface area contributed by atoms with Crippen LogP contribution < -0.4 is 10.1 Å². The van der Waals surface area contributed by atoms with Gasteiger partial charge in [-0.25, -0.2) is 0 Å². The lowest BCUT2D eigenvalue weighted by Crippen LogP contribution is -2.45. The molecular formula is C10H9BrClNO2. The summed E-state index contributed by atoms with van der Waals surface area (Å²) in [5, 5.41) is 3.34. The van der Waals surface area contributed by atoms with Gasteiger partial charge in [0.05, 0.1) is 5.69 Å². The molecule has 0 spiro atoms. The van der Waals surface area contributed by atoms with E-state index in [1.54, 1.807) is 26.0 Å². The molecule has 0 fully saturated rings. The highest BCUT2D eigenvalue weighted by Gasteiger charge is 2.36. The molecule has 1 aromatic rings. The highest BCUT2D eigenvalue weighted by molar-refractivity contribution is 9.10. The van der Waals surface area contributed by atoms with Crippen molar-refractivity contribution in [1.29, 1.82) is 0 Å². The number of hydrogen-bond acceptors (Lipinski definition) is 2. The van der Waals surface area contributed by atoms with Crippen LogP contribution in [0.4, 0.5) is 5.69 Å². The Bertz CT molecular complexity index is 445. The zero-order valence-electron chi connectivity index (χ0n) is 8.23. The van der Waals surface area contributed by atoms with Crippen molar-refractivity contribution in [3.05, 3.63) is 21.6 Å². The van der Waals surface area contributed by atoms with Crippen molar-refractivity contribution in [3.8, 4) is 5.75 Å². The highest BCUT2D eigenvalue weighted by Crippen LogP contribution is 2.40. The fourth-order valence-electron chi connectivity index (χ4n) is 1.34. The number of anilines is 1. The van der Waals surface area contributed by atoms with Crippen LogP contribution in [0.5, 0.6) is 5.75 Å². The third-order valence-corrected chi connectivity index (χ3v) is 3.01. The normalized spacial score (nSPS) is 17.7. The van der Waals surface area contributed by atoms with Gasteiger partial charge in [0.1, 0.15) is 5.75 Å². The van der Waals surface area contributed by atoms with E-state index in [4.69, 9.17) is 16.3 Å². The first-order valence-electron chi connectivity index (χ1n) is 4.40. The Morgan fingerprint density at radius 2 is 2.13 bits per heavy atom. The summed E-state index contributed by atoms with van der Waals surface area (Å²) in [4.78, 5) is 11.6. The van der Waals surface area contributed by atoms with Gasteiger partial charge in [0.25, 0.3) is 5.91 Å². The second kappa shape index (κ2) is 3.39. The van der Waals surface area contributed by atoms with Crippen LogP contribution in [0.1, 0.15) is 13.8 Å². The van der Waals surface area contributed by atoms with Gasteiger partial charge in [0, 0.05) is 15.6 Å². The van der Waals surface area contributed by atoms with Crippen LogP contribution >= 0.6 is 27.5 Å². The summed E-state index contributed by atoms with van der Waals surface area (Å²) in [6.45, 7) is 3.42. The monoisotopic (exact) mass is 289 g/mol. The van der Waals surface area contributed by atoms with Gasteiger partial charge in [-0.15, -0.1) is 0 Å². The number of nitrogens with one attached hydrogen (secondary N) is 1. The van der Waals surface area contributed by atoms with Gasteiger partial charge in [-0.05, 0) is 35.8 Å². The standard InChI is InChI=1S/C10H9BrClNO2/c1-10(2)9(14)13-8-6(11)3-5(12)4-7(8)15-10/h3-4H,1-2H3,(H,13,14). The molecule has 0 saturated heterocycles. The van der Waals surface area contributed by atoms with E-state index >= 15 is 0 Å². The molecule has 0 bridgehead atoms. The van der Waals surface area contributed by atoms with E-state index in [0.717, 1.165) is 0 Å². The summed E-state index contributed by atoms with van der Waals surface area (Å²) in [6, 6.07) is 3.39. The summed E-state index contributed by atoms with van der Waals surface area (Å²) in [5.74, 6) is 0.414. The summed E-state index contributed by atoms with van der Waals surface area (Å²) >= 11 is 9.21. The number of benzene rings is 1. The zero-order valence-corrected chi connectivity index (χ0v) is 10.6. The summed E-state index contributed by atoms with van der Waals surface area (Å²) in [6.07, 6.45) is 0. The molecular weight excluding hydrogens is 281 g/mol. The zero-order chi connectivity index (χ0) is 11.2. The Morgan fingerprint density at radius 3 is 2.80 bits per heavy atom. The Kier molecular flexibility index (Phi) is 2.43. The predicted molar refractivity (Wildman–Crippen MR) is 62.5 cm³/mol. The molecule has 0 unspecified atom stereocenters. The quantitative estimate of drug-likeness (QED) is 0.797. The minimum atomic E-state index is -0.864. The molecule has 1 amide bonds. The number of carbonyl (C=O) groups excluding carboxylic acids is 1. The maximum absolute atomic E-state index is 11.6. The molecule has 1 aliphatic heterocycles. The van der Waals surface area contributed by atoms with Crippen LogP contribution in [0.2, 0.25) is 5.02 Å². The van der Waals surface area contributed by atoms with E-state index in [1.807, 2.05) is 0 Å². The number of amides is 1. The van der Waals surface area contributed by atoms with Crippen molar-refractivity contribution in [1.82, 2.24) is 0 Å². The number of rotatable bonds is 0. The summed E-state index contributed by atoms with van der Waals surface area (Å²) in [7, 11) is 0. The number of halogens is 2. The maximum atomic E-state index is 11.6. The maximum Gasteiger partial charge on any atom is 0.268 e. The first-order chi connectivity index (χ1) is 6.90. The Morgan fingerprint density at radius 1 is 1.47 bits per heavy atom. The third kappa shape index (κ3) is 1.84. The van der Waals surface area contributed by atoms with E-state index in [9.17, 15) is 4.79 Å². The average molecular weight is 291 g/mol. The largest absolute Gasteiger partial charge is 0.476 e. The van der Waals surface area contributed by atoms with Crippen LogP contribution in [-0.2, 0) is 4.79 Å². The van der Waals surface area contributed by atoms with Crippen molar-refractivity contribution in [2.45, 2.75) is 19.4 Å². The van der Waals surface area contributed by atoms with Gasteiger partial charge in [0.2, 0.25) is 0 Å². The fourth-order valence-corrected chi connectivity index (χ4v) is 2.22. The van der Waals surface area contributed by atoms with Crippen LogP contribution in [0.15, 0.2) is 16.6 Å². The number of ether oxygens (including phenoxy) is 1. The predicted octanol–water partition coefficient (Wildman–Crippen LogP) is 3.21. The molecule has 1 N–H and O–H groups in total. The van der Waals surface area contributed by atoms with Crippen molar-refractivity contribution < 1.29 is 9.53 Å². The molecule has 80 valence electrons. The Hall–Kier alpha value is -0.740. The molecule has 0 atom stereocenters. The Balaban J connectivity index is 2.55. The second-order valence-electron chi connectivity index (χ2n) is 3.83. The average Bonchev–Trinajstić information content (AvgIpc) is 2.08. The molecule has 0 aromatic heterocycles. The van der Waals surface area contributed by atoms with Gasteiger partial charge in [-0.2, -0.15) is 0 Å². The number of fused-ring (bicyclic) bond motifs is 1. The van der Waals surface area contributed by atoms with Gasteiger partial charge < -0.3 is 10.1 Å². The van der Waals surface area contributed by atoms with Gasteiger partial charge in [-0.3, -0.25) is 4.79 Å². The Labute approximate surface area is 101 Å².